The summed E-state index contributed by atoms with van der Waals surface area (Å²) in [6.07, 6.45) is 0.771. The van der Waals surface area contributed by atoms with Crippen LogP contribution in [0.15, 0.2) is 18.2 Å². The molecule has 0 saturated heterocycles. The molecule has 1 aromatic rings. The first kappa shape index (κ1) is 17.8. The number of methoxy groups -OCH3 is 1. The summed E-state index contributed by atoms with van der Waals surface area (Å²) in [5.74, 6) is 0.0310. The average molecular weight is 308 g/mol. The predicted molar refractivity (Wildman–Crippen MR) is 85.5 cm³/mol. The van der Waals surface area contributed by atoms with Gasteiger partial charge in [-0.05, 0) is 45.4 Å². The minimum atomic E-state index is -0.471. The smallest absolute Gasteiger partial charge is 0.337 e. The fraction of sp³-hybridized carbons (Fsp3) is 0.500. The summed E-state index contributed by atoms with van der Waals surface area (Å²) in [7, 11) is 1.31. The first-order valence-corrected chi connectivity index (χ1v) is 7.33. The van der Waals surface area contributed by atoms with Crippen LogP contribution in [0.2, 0.25) is 0 Å². The van der Waals surface area contributed by atoms with Crippen LogP contribution in [0.3, 0.4) is 0 Å². The van der Waals surface area contributed by atoms with E-state index in [9.17, 15) is 9.59 Å². The molecule has 0 saturated carbocycles. The summed E-state index contributed by atoms with van der Waals surface area (Å²) in [6, 6.07) is 4.50. The molecule has 0 aliphatic carbocycles. The topological polar surface area (TPSA) is 76.7 Å². The number of rotatable bonds is 6. The van der Waals surface area contributed by atoms with Gasteiger partial charge in [0.05, 0.1) is 24.5 Å². The fourth-order valence-electron chi connectivity index (χ4n) is 1.71. The molecule has 0 fully saturated rings. The van der Waals surface area contributed by atoms with Gasteiger partial charge >= 0.3 is 12.0 Å². The Morgan fingerprint density at radius 3 is 2.45 bits per heavy atom. The van der Waals surface area contributed by atoms with Gasteiger partial charge in [-0.1, -0.05) is 6.92 Å². The second-order valence-electron chi connectivity index (χ2n) is 5.28. The van der Waals surface area contributed by atoms with Crippen molar-refractivity contribution < 1.29 is 19.1 Å². The molecule has 0 heterocycles. The molecule has 0 aliphatic heterocycles. The summed E-state index contributed by atoms with van der Waals surface area (Å²) in [4.78, 5) is 23.6. The molecule has 0 radical (unpaired) electrons. The van der Waals surface area contributed by atoms with Gasteiger partial charge in [-0.15, -0.1) is 0 Å². The van der Waals surface area contributed by atoms with Gasteiger partial charge in [-0.3, -0.25) is 0 Å². The van der Waals surface area contributed by atoms with Gasteiger partial charge in [0.15, 0.2) is 0 Å². The predicted octanol–water partition coefficient (Wildman–Crippen LogP) is 3.18. The van der Waals surface area contributed by atoms with Gasteiger partial charge in [-0.2, -0.15) is 0 Å². The molecule has 1 atom stereocenters. The third-order valence-corrected chi connectivity index (χ3v) is 3.00. The first-order chi connectivity index (χ1) is 10.4. The van der Waals surface area contributed by atoms with Crippen molar-refractivity contribution in [2.24, 2.45) is 0 Å². The summed E-state index contributed by atoms with van der Waals surface area (Å²) in [5.41, 5.74) is 0.773. The Balaban J connectivity index is 3.00. The fourth-order valence-corrected chi connectivity index (χ4v) is 1.71. The lowest BCUT2D eigenvalue weighted by molar-refractivity contribution is 0.0600. The minimum absolute atomic E-state index is 0.0536. The molecule has 1 unspecified atom stereocenters. The van der Waals surface area contributed by atoms with Crippen molar-refractivity contribution in [1.82, 2.24) is 5.32 Å². The van der Waals surface area contributed by atoms with Gasteiger partial charge in [0.25, 0.3) is 0 Å². The molecule has 0 aromatic heterocycles. The number of nitrogens with one attached hydrogen (secondary N) is 2. The monoisotopic (exact) mass is 308 g/mol. The summed E-state index contributed by atoms with van der Waals surface area (Å²) < 4.78 is 10.3. The van der Waals surface area contributed by atoms with Crippen molar-refractivity contribution in [2.45, 2.75) is 46.3 Å². The number of benzene rings is 1. The highest BCUT2D eigenvalue weighted by Crippen LogP contribution is 2.27. The van der Waals surface area contributed by atoms with Crippen LogP contribution in [-0.2, 0) is 4.74 Å². The molecule has 0 aliphatic rings. The van der Waals surface area contributed by atoms with Crippen molar-refractivity contribution in [3.05, 3.63) is 23.8 Å². The maximum atomic E-state index is 12.0. The van der Waals surface area contributed by atoms with E-state index in [-0.39, 0.29) is 18.2 Å². The van der Waals surface area contributed by atoms with E-state index in [0.29, 0.717) is 17.0 Å². The van der Waals surface area contributed by atoms with Gasteiger partial charge in [0, 0.05) is 6.04 Å². The van der Waals surface area contributed by atoms with Crippen molar-refractivity contribution in [2.75, 3.05) is 12.4 Å². The second-order valence-corrected chi connectivity index (χ2v) is 5.28. The largest absolute Gasteiger partial charge is 0.489 e. The molecule has 2 N–H and O–H groups in total. The zero-order chi connectivity index (χ0) is 16.7. The van der Waals surface area contributed by atoms with E-state index >= 15 is 0 Å². The van der Waals surface area contributed by atoms with Crippen molar-refractivity contribution >= 4 is 17.7 Å². The molecule has 0 bridgehead atoms. The zero-order valence-electron chi connectivity index (χ0n) is 13.7. The average Bonchev–Trinajstić information content (AvgIpc) is 2.47. The highest BCUT2D eigenvalue weighted by molar-refractivity contribution is 5.95. The SMILES string of the molecule is CCC(C)NC(=O)Nc1cc(C(=O)OC)ccc1OC(C)C. The molecule has 6 nitrogen and oxygen atoms in total. The van der Waals surface area contributed by atoms with Crippen LogP contribution in [0.4, 0.5) is 10.5 Å². The number of hydrogen-bond donors (Lipinski definition) is 2. The van der Waals surface area contributed by atoms with Crippen LogP contribution in [0.5, 0.6) is 5.75 Å². The number of ether oxygens (including phenoxy) is 2. The summed E-state index contributed by atoms with van der Waals surface area (Å²) >= 11 is 0. The van der Waals surface area contributed by atoms with Gasteiger partial charge < -0.3 is 20.1 Å². The molecule has 1 rings (SSSR count). The van der Waals surface area contributed by atoms with E-state index in [1.165, 1.54) is 7.11 Å². The Bertz CT molecular complexity index is 529. The van der Waals surface area contributed by atoms with Crippen LogP contribution < -0.4 is 15.4 Å². The summed E-state index contributed by atoms with van der Waals surface area (Å²) in [5, 5.41) is 5.52. The van der Waals surface area contributed by atoms with Crippen molar-refractivity contribution in [3.8, 4) is 5.75 Å². The van der Waals surface area contributed by atoms with E-state index in [2.05, 4.69) is 10.6 Å². The lowest BCUT2D eigenvalue weighted by Crippen LogP contribution is -2.35. The number of carbonyl (C=O) groups excluding carboxylic acids is 2. The van der Waals surface area contributed by atoms with Gasteiger partial charge in [0.2, 0.25) is 0 Å². The molecule has 1 aromatic carbocycles. The second kappa shape index (κ2) is 8.26. The maximum absolute atomic E-state index is 12.0. The lowest BCUT2D eigenvalue weighted by Gasteiger charge is -2.17. The number of anilines is 1. The van der Waals surface area contributed by atoms with Crippen LogP contribution in [0, 0.1) is 0 Å². The van der Waals surface area contributed by atoms with Crippen molar-refractivity contribution in [3.63, 3.8) is 0 Å². The highest BCUT2D eigenvalue weighted by Gasteiger charge is 2.14. The van der Waals surface area contributed by atoms with Gasteiger partial charge in [-0.25, -0.2) is 9.59 Å². The zero-order valence-corrected chi connectivity index (χ0v) is 13.7. The molecule has 0 spiro atoms. The number of carbonyl (C=O) groups is 2. The lowest BCUT2D eigenvalue weighted by atomic mass is 10.2. The Labute approximate surface area is 131 Å². The van der Waals surface area contributed by atoms with Crippen LogP contribution in [0.25, 0.3) is 0 Å². The number of hydrogen-bond acceptors (Lipinski definition) is 4. The number of urea groups is 1. The van der Waals surface area contributed by atoms with Gasteiger partial charge in [0.1, 0.15) is 5.75 Å². The van der Waals surface area contributed by atoms with E-state index in [1.54, 1.807) is 18.2 Å². The standard InChI is InChI=1S/C16H24N2O4/c1-6-11(4)17-16(20)18-13-9-12(15(19)21-5)7-8-14(13)22-10(2)3/h7-11H,6H2,1-5H3,(H2,17,18,20). The number of amides is 2. The van der Waals surface area contributed by atoms with Crippen LogP contribution in [0.1, 0.15) is 44.5 Å². The molecule has 6 heteroatoms. The first-order valence-electron chi connectivity index (χ1n) is 7.33. The Morgan fingerprint density at radius 2 is 1.91 bits per heavy atom. The Hall–Kier alpha value is -2.24. The molecular formula is C16H24N2O4. The van der Waals surface area contributed by atoms with E-state index < -0.39 is 5.97 Å². The quantitative estimate of drug-likeness (QED) is 0.791. The Morgan fingerprint density at radius 1 is 1.23 bits per heavy atom. The normalized spacial score (nSPS) is 11.7. The number of esters is 1. The van der Waals surface area contributed by atoms with Crippen LogP contribution >= 0.6 is 0 Å². The molecule has 22 heavy (non-hydrogen) atoms. The Kier molecular flexibility index (Phi) is 6.69. The summed E-state index contributed by atoms with van der Waals surface area (Å²) in [6.45, 7) is 7.67. The third-order valence-electron chi connectivity index (χ3n) is 3.00. The van der Waals surface area contributed by atoms with E-state index in [1.807, 2.05) is 27.7 Å². The molecule has 2 amide bonds. The maximum Gasteiger partial charge on any atom is 0.337 e. The van der Waals surface area contributed by atoms with E-state index in [0.717, 1.165) is 6.42 Å². The highest BCUT2D eigenvalue weighted by atomic mass is 16.5. The van der Waals surface area contributed by atoms with Crippen LogP contribution in [-0.4, -0.2) is 31.3 Å². The molecular weight excluding hydrogens is 284 g/mol. The third kappa shape index (κ3) is 5.27. The molecule has 122 valence electrons. The minimum Gasteiger partial charge on any atom is -0.489 e. The van der Waals surface area contributed by atoms with E-state index in [4.69, 9.17) is 9.47 Å². The van der Waals surface area contributed by atoms with Crippen molar-refractivity contribution in [1.29, 1.82) is 0 Å².